The SMILES string of the molecule is CC(C)[C@](NCC(F)(F)F)(C(N)=O)c1cncc(-c2c[nH]c3ncc(OCCN4CCCC4=O)cc23)c1. The van der Waals surface area contributed by atoms with Crippen LogP contribution in [0.4, 0.5) is 13.2 Å². The van der Waals surface area contributed by atoms with E-state index in [9.17, 15) is 22.8 Å². The van der Waals surface area contributed by atoms with Crippen molar-refractivity contribution in [3.8, 4) is 16.9 Å². The summed E-state index contributed by atoms with van der Waals surface area (Å²) >= 11 is 0. The first-order valence-electron chi connectivity index (χ1n) is 12.0. The molecular formula is C25H29F3N6O3. The van der Waals surface area contributed by atoms with Crippen LogP contribution < -0.4 is 15.8 Å². The van der Waals surface area contributed by atoms with Crippen molar-refractivity contribution in [1.29, 1.82) is 0 Å². The lowest BCUT2D eigenvalue weighted by molar-refractivity contribution is -0.139. The Balaban J connectivity index is 1.63. The number of halogens is 3. The molecule has 12 heteroatoms. The summed E-state index contributed by atoms with van der Waals surface area (Å²) in [6, 6.07) is 3.40. The van der Waals surface area contributed by atoms with Gasteiger partial charge in [-0.15, -0.1) is 0 Å². The molecule has 2 amide bonds. The number of alkyl halides is 3. The van der Waals surface area contributed by atoms with Crippen molar-refractivity contribution in [3.63, 3.8) is 0 Å². The Morgan fingerprint density at radius 1 is 1.27 bits per heavy atom. The number of ether oxygens (including phenoxy) is 1. The second-order valence-electron chi connectivity index (χ2n) is 9.36. The second-order valence-corrected chi connectivity index (χ2v) is 9.36. The number of nitrogens with one attached hydrogen (secondary N) is 2. The molecule has 0 spiro atoms. The number of primary amides is 1. The predicted molar refractivity (Wildman–Crippen MR) is 130 cm³/mol. The van der Waals surface area contributed by atoms with E-state index >= 15 is 0 Å². The van der Waals surface area contributed by atoms with E-state index in [1.807, 2.05) is 0 Å². The van der Waals surface area contributed by atoms with Gasteiger partial charge in [-0.3, -0.25) is 19.9 Å². The standard InChI is InChI=1S/C25H29F3N6O3/c1-15(2)25(23(29)36,33-14-24(26,27)28)17-8-16(10-30-11-17)20-13-32-22-19(20)9-18(12-31-22)37-7-6-34-5-3-4-21(34)35/h8-13,15,33H,3-7,14H2,1-2H3,(H2,29,36)(H,31,32)/t25-/m1/s1. The van der Waals surface area contributed by atoms with E-state index < -0.39 is 30.1 Å². The summed E-state index contributed by atoms with van der Waals surface area (Å²) in [6.45, 7) is 3.38. The fourth-order valence-corrected chi connectivity index (χ4v) is 4.71. The fraction of sp³-hybridized carbons (Fsp3) is 0.440. The van der Waals surface area contributed by atoms with Gasteiger partial charge in [0.2, 0.25) is 11.8 Å². The molecule has 1 atom stereocenters. The highest BCUT2D eigenvalue weighted by Crippen LogP contribution is 2.35. The van der Waals surface area contributed by atoms with Crippen LogP contribution in [0.3, 0.4) is 0 Å². The van der Waals surface area contributed by atoms with Crippen molar-refractivity contribution < 1.29 is 27.5 Å². The van der Waals surface area contributed by atoms with Gasteiger partial charge in [0.1, 0.15) is 23.5 Å². The summed E-state index contributed by atoms with van der Waals surface area (Å²) in [5.74, 6) is -0.907. The average Bonchev–Trinajstić information content (AvgIpc) is 3.44. The number of carbonyl (C=O) groups excluding carboxylic acids is 2. The van der Waals surface area contributed by atoms with Crippen LogP contribution in [-0.4, -0.2) is 64.1 Å². The number of hydrogen-bond acceptors (Lipinski definition) is 6. The molecule has 3 aromatic heterocycles. The Morgan fingerprint density at radius 3 is 2.70 bits per heavy atom. The van der Waals surface area contributed by atoms with Crippen molar-refractivity contribution in [1.82, 2.24) is 25.2 Å². The Hall–Kier alpha value is -3.67. The molecule has 0 bridgehead atoms. The van der Waals surface area contributed by atoms with Gasteiger partial charge in [-0.25, -0.2) is 4.98 Å². The van der Waals surface area contributed by atoms with Gasteiger partial charge >= 0.3 is 6.18 Å². The molecule has 0 aliphatic carbocycles. The van der Waals surface area contributed by atoms with E-state index in [2.05, 4.69) is 20.3 Å². The number of pyridine rings is 2. The normalized spacial score (nSPS) is 15.9. The zero-order valence-corrected chi connectivity index (χ0v) is 20.6. The fourth-order valence-electron chi connectivity index (χ4n) is 4.71. The Morgan fingerprint density at radius 2 is 2.05 bits per heavy atom. The maximum atomic E-state index is 13.1. The number of fused-ring (bicyclic) bond motifs is 1. The first-order valence-corrected chi connectivity index (χ1v) is 12.0. The van der Waals surface area contributed by atoms with Gasteiger partial charge in [0.25, 0.3) is 0 Å². The summed E-state index contributed by atoms with van der Waals surface area (Å²) in [4.78, 5) is 37.8. The summed E-state index contributed by atoms with van der Waals surface area (Å²) in [5.41, 5.74) is 5.90. The molecule has 0 radical (unpaired) electrons. The number of nitrogens with two attached hydrogens (primary N) is 1. The highest BCUT2D eigenvalue weighted by molar-refractivity contribution is 5.94. The molecule has 1 saturated heterocycles. The van der Waals surface area contributed by atoms with Crippen LogP contribution in [0.5, 0.6) is 5.75 Å². The molecule has 0 aromatic carbocycles. The Kier molecular flexibility index (Phi) is 7.39. The Bertz CT molecular complexity index is 1290. The molecule has 0 saturated carbocycles. The molecule has 1 aliphatic rings. The lowest BCUT2D eigenvalue weighted by atomic mass is 9.79. The quantitative estimate of drug-likeness (QED) is 0.379. The first kappa shape index (κ1) is 26.4. The number of aromatic nitrogens is 3. The van der Waals surface area contributed by atoms with Crippen molar-refractivity contribution >= 4 is 22.8 Å². The number of nitrogens with zero attached hydrogens (tertiary/aromatic N) is 3. The number of H-pyrrole nitrogens is 1. The third kappa shape index (κ3) is 5.53. The van der Waals surface area contributed by atoms with Crippen molar-refractivity contribution in [2.75, 3.05) is 26.2 Å². The highest BCUT2D eigenvalue weighted by atomic mass is 19.4. The average molecular weight is 519 g/mol. The van der Waals surface area contributed by atoms with Gasteiger partial charge in [-0.1, -0.05) is 13.8 Å². The van der Waals surface area contributed by atoms with Gasteiger partial charge in [-0.2, -0.15) is 13.2 Å². The monoisotopic (exact) mass is 518 g/mol. The van der Waals surface area contributed by atoms with Crippen LogP contribution in [-0.2, 0) is 15.1 Å². The minimum atomic E-state index is -4.54. The van der Waals surface area contributed by atoms with Crippen molar-refractivity contribution in [2.45, 2.75) is 38.4 Å². The summed E-state index contributed by atoms with van der Waals surface area (Å²) in [7, 11) is 0. The highest BCUT2D eigenvalue weighted by Gasteiger charge is 2.44. The largest absolute Gasteiger partial charge is 0.490 e. The molecule has 4 rings (SSSR count). The number of rotatable bonds is 10. The number of aromatic amines is 1. The maximum absolute atomic E-state index is 13.1. The van der Waals surface area contributed by atoms with E-state index in [4.69, 9.17) is 10.5 Å². The van der Waals surface area contributed by atoms with Crippen LogP contribution in [0.1, 0.15) is 32.3 Å². The maximum Gasteiger partial charge on any atom is 0.401 e. The lowest BCUT2D eigenvalue weighted by Gasteiger charge is -2.36. The van der Waals surface area contributed by atoms with Gasteiger partial charge in [0.15, 0.2) is 0 Å². The van der Waals surface area contributed by atoms with E-state index in [1.54, 1.807) is 49.5 Å². The van der Waals surface area contributed by atoms with Crippen LogP contribution in [0, 0.1) is 5.92 Å². The van der Waals surface area contributed by atoms with Gasteiger partial charge in [0, 0.05) is 53.6 Å². The van der Waals surface area contributed by atoms with Gasteiger partial charge in [-0.05, 0) is 24.5 Å². The molecule has 1 aliphatic heterocycles. The van der Waals surface area contributed by atoms with Crippen LogP contribution >= 0.6 is 0 Å². The van der Waals surface area contributed by atoms with E-state index in [0.29, 0.717) is 47.5 Å². The molecule has 198 valence electrons. The van der Waals surface area contributed by atoms with Gasteiger partial charge < -0.3 is 20.4 Å². The molecular weight excluding hydrogens is 489 g/mol. The van der Waals surface area contributed by atoms with E-state index in [0.717, 1.165) is 13.0 Å². The predicted octanol–water partition coefficient (Wildman–Crippen LogP) is 3.11. The minimum Gasteiger partial charge on any atom is -0.490 e. The topological polar surface area (TPSA) is 126 Å². The summed E-state index contributed by atoms with van der Waals surface area (Å²) in [5, 5.41) is 3.05. The molecule has 37 heavy (non-hydrogen) atoms. The first-order chi connectivity index (χ1) is 17.5. The van der Waals surface area contributed by atoms with Crippen LogP contribution in [0.25, 0.3) is 22.2 Å². The smallest absolute Gasteiger partial charge is 0.401 e. The van der Waals surface area contributed by atoms with Gasteiger partial charge in [0.05, 0.1) is 19.3 Å². The molecule has 3 aromatic rings. The molecule has 1 fully saturated rings. The summed E-state index contributed by atoms with van der Waals surface area (Å²) < 4.78 is 45.0. The number of likely N-dealkylation sites (tertiary alicyclic amines) is 1. The zero-order chi connectivity index (χ0) is 26.8. The second kappa shape index (κ2) is 10.4. The summed E-state index contributed by atoms with van der Waals surface area (Å²) in [6.07, 6.45) is 3.05. The molecule has 4 heterocycles. The third-order valence-corrected chi connectivity index (χ3v) is 6.63. The number of carbonyl (C=O) groups is 2. The van der Waals surface area contributed by atoms with Crippen LogP contribution in [0.2, 0.25) is 0 Å². The van der Waals surface area contributed by atoms with Crippen LogP contribution in [0.15, 0.2) is 36.9 Å². The van der Waals surface area contributed by atoms with E-state index in [1.165, 1.54) is 6.20 Å². The van der Waals surface area contributed by atoms with Crippen molar-refractivity contribution in [2.24, 2.45) is 11.7 Å². The number of amides is 2. The van der Waals surface area contributed by atoms with E-state index in [-0.39, 0.29) is 11.5 Å². The zero-order valence-electron chi connectivity index (χ0n) is 20.6. The third-order valence-electron chi connectivity index (χ3n) is 6.63. The number of hydrogen-bond donors (Lipinski definition) is 3. The molecule has 0 unspecified atom stereocenters. The van der Waals surface area contributed by atoms with Crippen molar-refractivity contribution in [3.05, 3.63) is 42.5 Å². The minimum absolute atomic E-state index is 0.121. The Labute approximate surface area is 211 Å². The molecule has 9 nitrogen and oxygen atoms in total. The molecule has 4 N–H and O–H groups in total. The lowest BCUT2D eigenvalue weighted by Crippen LogP contribution is -2.58.